The van der Waals surface area contributed by atoms with Gasteiger partial charge in [0.05, 0.1) is 15.1 Å². The number of hydrogen-bond donors (Lipinski definition) is 3. The first-order valence-corrected chi connectivity index (χ1v) is 12.1. The van der Waals surface area contributed by atoms with Crippen LogP contribution in [0.2, 0.25) is 0 Å². The van der Waals surface area contributed by atoms with Crippen molar-refractivity contribution in [1.82, 2.24) is 4.98 Å². The number of pyridine rings is 1. The summed E-state index contributed by atoms with van der Waals surface area (Å²) in [4.78, 5) is 31.5. The van der Waals surface area contributed by atoms with Crippen LogP contribution in [-0.2, 0) is 21.0 Å². The number of thiophene rings is 1. The molecule has 3 saturated carbocycles. The Morgan fingerprint density at radius 3 is 2.69 bits per heavy atom. The predicted octanol–water partition coefficient (Wildman–Crippen LogP) is 3.19. The second-order valence-corrected chi connectivity index (χ2v) is 10.7. The highest BCUT2D eigenvalue weighted by atomic mass is 32.1. The van der Waals surface area contributed by atoms with Crippen molar-refractivity contribution in [2.45, 2.75) is 38.0 Å². The molecule has 0 saturated heterocycles. The molecule has 2 atom stereocenters. The molecule has 3 aliphatic carbocycles. The number of rotatable bonds is 11. The maximum absolute atomic E-state index is 12.5. The van der Waals surface area contributed by atoms with E-state index in [-0.39, 0.29) is 37.1 Å². The van der Waals surface area contributed by atoms with Crippen LogP contribution in [0.3, 0.4) is 0 Å². The Balaban J connectivity index is 1.13. The minimum absolute atomic E-state index is 0.0413. The zero-order valence-electron chi connectivity index (χ0n) is 18.9. The molecule has 2 aromatic heterocycles. The summed E-state index contributed by atoms with van der Waals surface area (Å²) in [7, 11) is 0. The van der Waals surface area contributed by atoms with Gasteiger partial charge < -0.3 is 25.7 Å². The van der Waals surface area contributed by atoms with Crippen LogP contribution in [0, 0.1) is 20.9 Å². The molecular formula is C24H26N4O6S. The minimum Gasteiger partial charge on any atom is -0.460 e. The molecule has 4 N–H and O–H groups in total. The lowest BCUT2D eigenvalue weighted by molar-refractivity contribution is -0.763. The number of anilines is 1. The third-order valence-electron chi connectivity index (χ3n) is 7.08. The van der Waals surface area contributed by atoms with Crippen LogP contribution < -0.4 is 11.1 Å². The monoisotopic (exact) mass is 498 g/mol. The van der Waals surface area contributed by atoms with Gasteiger partial charge in [0.25, 0.3) is 5.09 Å². The number of aliphatic hydroxyl groups is 1. The molecule has 35 heavy (non-hydrogen) atoms. The predicted molar refractivity (Wildman–Crippen MR) is 129 cm³/mol. The van der Waals surface area contributed by atoms with Gasteiger partial charge in [0, 0.05) is 24.9 Å². The topological polar surface area (TPSA) is 150 Å². The van der Waals surface area contributed by atoms with Crippen LogP contribution in [0.1, 0.15) is 36.3 Å². The molecule has 0 radical (unpaired) electrons. The van der Waals surface area contributed by atoms with Crippen molar-refractivity contribution in [1.29, 1.82) is 0 Å². The number of hydrogen-bond acceptors (Lipinski definition) is 10. The molecule has 3 fully saturated rings. The van der Waals surface area contributed by atoms with E-state index < -0.39 is 16.7 Å². The molecule has 3 aromatic rings. The molecule has 184 valence electrons. The van der Waals surface area contributed by atoms with Crippen molar-refractivity contribution in [2.24, 2.45) is 16.6 Å². The Morgan fingerprint density at radius 2 is 2.03 bits per heavy atom. The van der Waals surface area contributed by atoms with E-state index in [0.717, 1.165) is 26.2 Å². The maximum atomic E-state index is 12.5. The van der Waals surface area contributed by atoms with Crippen molar-refractivity contribution < 1.29 is 24.6 Å². The second kappa shape index (κ2) is 9.06. The van der Waals surface area contributed by atoms with Gasteiger partial charge in [0.15, 0.2) is 0 Å². The van der Waals surface area contributed by atoms with Gasteiger partial charge in [-0.05, 0) is 53.3 Å². The number of ether oxygens (including phenoxy) is 1. The summed E-state index contributed by atoms with van der Waals surface area (Å²) in [6.45, 7) is 0.433. The minimum atomic E-state index is -0.874. The van der Waals surface area contributed by atoms with Crippen molar-refractivity contribution in [2.75, 3.05) is 18.5 Å². The summed E-state index contributed by atoms with van der Waals surface area (Å²) in [5.41, 5.74) is 6.92. The lowest BCUT2D eigenvalue weighted by Gasteiger charge is -2.68. The maximum Gasteiger partial charge on any atom is 0.312 e. The Morgan fingerprint density at radius 1 is 1.29 bits per heavy atom. The van der Waals surface area contributed by atoms with Gasteiger partial charge >= 0.3 is 5.97 Å². The Labute approximate surface area is 205 Å². The Bertz CT molecular complexity index is 1190. The zero-order valence-corrected chi connectivity index (χ0v) is 19.7. The average molecular weight is 499 g/mol. The highest BCUT2D eigenvalue weighted by Gasteiger charge is 2.72. The normalized spacial score (nSPS) is 24.1. The first-order valence-electron chi connectivity index (χ1n) is 11.3. The van der Waals surface area contributed by atoms with Crippen molar-refractivity contribution in [3.05, 3.63) is 70.0 Å². The van der Waals surface area contributed by atoms with Crippen LogP contribution in [0.4, 0.5) is 5.00 Å². The number of nitrogens with one attached hydrogen (secondary N) is 1. The van der Waals surface area contributed by atoms with Gasteiger partial charge in [-0.25, -0.2) is 0 Å². The van der Waals surface area contributed by atoms with Gasteiger partial charge in [-0.1, -0.05) is 24.3 Å². The summed E-state index contributed by atoms with van der Waals surface area (Å²) in [6, 6.07) is 11.4. The number of aliphatic hydroxyl groups excluding tert-OH is 1. The molecule has 6 rings (SSSR count). The van der Waals surface area contributed by atoms with Crippen LogP contribution >= 0.6 is 11.3 Å². The fraction of sp³-hybridized carbons (Fsp3) is 0.417. The molecule has 0 spiro atoms. The Kier molecular flexibility index (Phi) is 6.07. The van der Waals surface area contributed by atoms with Crippen LogP contribution in [-0.4, -0.2) is 40.5 Å². The lowest BCUT2D eigenvalue weighted by atomic mass is 9.35. The smallest absolute Gasteiger partial charge is 0.312 e. The van der Waals surface area contributed by atoms with Gasteiger partial charge in [0.2, 0.25) is 0 Å². The first-order chi connectivity index (χ1) is 16.8. The van der Waals surface area contributed by atoms with E-state index >= 15 is 0 Å². The number of benzene rings is 1. The zero-order chi connectivity index (χ0) is 24.6. The summed E-state index contributed by atoms with van der Waals surface area (Å²) >= 11 is 1.52. The molecular weight excluding hydrogens is 472 g/mol. The van der Waals surface area contributed by atoms with Crippen molar-refractivity contribution in [3.63, 3.8) is 0 Å². The van der Waals surface area contributed by atoms with E-state index in [2.05, 4.69) is 15.1 Å². The second-order valence-electron chi connectivity index (χ2n) is 9.58. The fourth-order valence-corrected chi connectivity index (χ4v) is 6.33. The number of carbonyl (C=O) groups excluding carboxylic acids is 1. The number of nitrogens with zero attached hydrogens (tertiary/aromatic N) is 2. The van der Waals surface area contributed by atoms with Gasteiger partial charge in [-0.15, -0.1) is 21.5 Å². The molecule has 3 aliphatic rings. The molecule has 2 bridgehead atoms. The van der Waals surface area contributed by atoms with Gasteiger partial charge in [-0.3, -0.25) is 9.78 Å². The standard InChI is InChI=1S/C24H26N4O6S/c25-8-18(21(29)27-20-7-17-5-6-26-9-19(17)35-20)16-3-1-15(2-4-16)10-33-22(30)24-11-23(12-24,13-24)14-34-28(31)32/h1-7,9,18,21,27,29H,8,10-14,25H2/t18-,21+,23?,24?/m1/s1. The number of aromatic nitrogens is 1. The lowest BCUT2D eigenvalue weighted by Crippen LogP contribution is -2.67. The largest absolute Gasteiger partial charge is 0.460 e. The summed E-state index contributed by atoms with van der Waals surface area (Å²) in [5, 5.41) is 25.4. The first kappa shape index (κ1) is 23.5. The van der Waals surface area contributed by atoms with Crippen LogP contribution in [0.5, 0.6) is 0 Å². The molecule has 0 amide bonds. The molecule has 10 nitrogen and oxygen atoms in total. The number of nitrogens with two attached hydrogens (primary N) is 1. The third kappa shape index (κ3) is 4.54. The van der Waals surface area contributed by atoms with E-state index in [1.807, 2.05) is 36.4 Å². The third-order valence-corrected chi connectivity index (χ3v) is 8.09. The number of esters is 1. The molecule has 0 aliphatic heterocycles. The molecule has 2 heterocycles. The van der Waals surface area contributed by atoms with E-state index in [1.165, 1.54) is 11.3 Å². The summed E-state index contributed by atoms with van der Waals surface area (Å²) in [6.07, 6.45) is 4.37. The molecule has 0 unspecified atom stereocenters. The van der Waals surface area contributed by atoms with E-state index in [4.69, 9.17) is 10.5 Å². The Hall–Kier alpha value is -3.28. The number of fused-ring (bicyclic) bond motifs is 1. The van der Waals surface area contributed by atoms with Crippen molar-refractivity contribution >= 4 is 32.4 Å². The van der Waals surface area contributed by atoms with Crippen LogP contribution in [0.25, 0.3) is 10.1 Å². The highest BCUT2D eigenvalue weighted by molar-refractivity contribution is 7.22. The van der Waals surface area contributed by atoms with Crippen molar-refractivity contribution in [3.8, 4) is 0 Å². The summed E-state index contributed by atoms with van der Waals surface area (Å²) < 4.78 is 6.55. The molecule has 1 aromatic carbocycles. The van der Waals surface area contributed by atoms with Gasteiger partial charge in [-0.2, -0.15) is 0 Å². The van der Waals surface area contributed by atoms with Crippen LogP contribution in [0.15, 0.2) is 48.8 Å². The molecule has 11 heteroatoms. The summed E-state index contributed by atoms with van der Waals surface area (Å²) in [5.74, 6) is -0.587. The van der Waals surface area contributed by atoms with E-state index in [0.29, 0.717) is 19.3 Å². The van der Waals surface area contributed by atoms with E-state index in [9.17, 15) is 20.0 Å². The quantitative estimate of drug-likeness (QED) is 0.157. The fourth-order valence-electron chi connectivity index (χ4n) is 5.37. The highest BCUT2D eigenvalue weighted by Crippen LogP contribution is 2.73. The van der Waals surface area contributed by atoms with E-state index in [1.54, 1.807) is 12.4 Å². The van der Waals surface area contributed by atoms with Gasteiger partial charge in [0.1, 0.15) is 19.4 Å². The SMILES string of the molecule is NC[C@H](c1ccc(COC(=O)C23CC(CO[N+](=O)[O-])(C2)C3)cc1)[C@H](O)Nc1cc2ccncc2s1. The average Bonchev–Trinajstić information content (AvgIpc) is 3.19. The number of carbonyl (C=O) groups is 1.